The third kappa shape index (κ3) is 5.43. The van der Waals surface area contributed by atoms with Gasteiger partial charge in [0.1, 0.15) is 0 Å². The average molecular weight is 289 g/mol. The third-order valence-electron chi connectivity index (χ3n) is 2.37. The highest BCUT2D eigenvalue weighted by atomic mass is 32.2. The van der Waals surface area contributed by atoms with Crippen molar-refractivity contribution in [3.05, 3.63) is 18.2 Å². The molecule has 0 bridgehead atoms. The molecule has 0 saturated carbocycles. The van der Waals surface area contributed by atoms with Crippen LogP contribution in [0.25, 0.3) is 0 Å². The Hall–Kier alpha value is -1.35. The topological polar surface area (TPSA) is 128 Å². The Labute approximate surface area is 112 Å². The Bertz CT molecular complexity index is 505. The van der Waals surface area contributed by atoms with Gasteiger partial charge in [0.2, 0.25) is 10.0 Å². The normalized spacial score (nSPS) is 11.5. The predicted octanol–water partition coefficient (Wildman–Crippen LogP) is -0.273. The molecule has 0 amide bonds. The van der Waals surface area contributed by atoms with E-state index in [-0.39, 0.29) is 11.5 Å². The minimum absolute atomic E-state index is 0.00933. The number of ether oxygens (including phenoxy) is 1. The van der Waals surface area contributed by atoms with Crippen LogP contribution >= 0.6 is 0 Å². The lowest BCUT2D eigenvalue weighted by Gasteiger charge is -2.10. The molecule has 0 aliphatic heterocycles. The summed E-state index contributed by atoms with van der Waals surface area (Å²) < 4.78 is 27.3. The van der Waals surface area contributed by atoms with Crippen LogP contribution in [0.1, 0.15) is 6.42 Å². The Balaban J connectivity index is 2.47. The average Bonchev–Trinajstić information content (AvgIpc) is 2.34. The van der Waals surface area contributed by atoms with Crippen LogP contribution in [-0.4, -0.2) is 39.9 Å². The summed E-state index contributed by atoms with van der Waals surface area (Å²) in [5, 5.41) is 16.6. The molecule has 0 saturated heterocycles. The lowest BCUT2D eigenvalue weighted by molar-refractivity contribution is 0.0922. The van der Waals surface area contributed by atoms with E-state index in [0.717, 1.165) is 6.42 Å². The van der Waals surface area contributed by atoms with Crippen LogP contribution in [0.15, 0.2) is 23.1 Å². The van der Waals surface area contributed by atoms with E-state index in [4.69, 9.17) is 20.7 Å². The molecule has 0 spiro atoms. The number of nitrogens with one attached hydrogen (secondary N) is 1. The zero-order valence-corrected chi connectivity index (χ0v) is 11.3. The van der Waals surface area contributed by atoms with Crippen LogP contribution in [0, 0.1) is 0 Å². The molecule has 1 rings (SSSR count). The van der Waals surface area contributed by atoms with Gasteiger partial charge >= 0.3 is 0 Å². The largest absolute Gasteiger partial charge is 0.397 e. The van der Waals surface area contributed by atoms with Crippen LogP contribution in [0.4, 0.5) is 11.4 Å². The van der Waals surface area contributed by atoms with Gasteiger partial charge in [0.25, 0.3) is 0 Å². The maximum Gasteiger partial charge on any atom is 0.238 e. The molecule has 108 valence electrons. The Morgan fingerprint density at radius 2 is 2.05 bits per heavy atom. The summed E-state index contributed by atoms with van der Waals surface area (Å²) in [4.78, 5) is -0.0122. The van der Waals surface area contributed by atoms with Gasteiger partial charge in [0.15, 0.2) is 0 Å². The number of benzene rings is 1. The second kappa shape index (κ2) is 7.29. The summed E-state index contributed by atoms with van der Waals surface area (Å²) in [5.74, 6) is 0. The molecule has 0 aliphatic rings. The van der Waals surface area contributed by atoms with E-state index in [1.807, 2.05) is 0 Å². The number of hydrogen-bond acceptors (Lipinski definition) is 6. The predicted molar refractivity (Wildman–Crippen MR) is 73.2 cm³/mol. The van der Waals surface area contributed by atoms with E-state index in [1.54, 1.807) is 6.07 Å². The number of sulfonamides is 1. The van der Waals surface area contributed by atoms with Crippen molar-refractivity contribution in [2.75, 3.05) is 37.4 Å². The van der Waals surface area contributed by atoms with Gasteiger partial charge in [0, 0.05) is 13.2 Å². The fourth-order valence-corrected chi connectivity index (χ4v) is 1.99. The molecular weight excluding hydrogens is 270 g/mol. The Kier molecular flexibility index (Phi) is 6.03. The molecule has 0 radical (unpaired) electrons. The molecule has 8 heteroatoms. The van der Waals surface area contributed by atoms with Gasteiger partial charge in [-0.05, 0) is 24.6 Å². The highest BCUT2D eigenvalue weighted by molar-refractivity contribution is 7.89. The number of primary sulfonamides is 1. The van der Waals surface area contributed by atoms with Crippen LogP contribution in [0.5, 0.6) is 0 Å². The van der Waals surface area contributed by atoms with Crippen molar-refractivity contribution >= 4 is 21.4 Å². The van der Waals surface area contributed by atoms with Crippen molar-refractivity contribution in [3.63, 3.8) is 0 Å². The lowest BCUT2D eigenvalue weighted by atomic mass is 10.2. The highest BCUT2D eigenvalue weighted by Gasteiger charge is 2.09. The van der Waals surface area contributed by atoms with Gasteiger partial charge in [-0.25, -0.2) is 13.6 Å². The molecule has 0 fully saturated rings. The third-order valence-corrected chi connectivity index (χ3v) is 3.28. The fraction of sp³-hybridized carbons (Fsp3) is 0.455. The number of hydrogen-bond donors (Lipinski definition) is 4. The molecule has 0 aromatic heterocycles. The fourth-order valence-electron chi connectivity index (χ4n) is 1.44. The molecule has 0 aliphatic carbocycles. The van der Waals surface area contributed by atoms with E-state index >= 15 is 0 Å². The van der Waals surface area contributed by atoms with E-state index in [2.05, 4.69) is 5.32 Å². The van der Waals surface area contributed by atoms with E-state index in [9.17, 15) is 8.42 Å². The van der Waals surface area contributed by atoms with Crippen LogP contribution in [-0.2, 0) is 14.8 Å². The summed E-state index contributed by atoms with van der Waals surface area (Å²) in [5.41, 5.74) is 6.70. The van der Waals surface area contributed by atoms with E-state index < -0.39 is 10.0 Å². The van der Waals surface area contributed by atoms with Crippen molar-refractivity contribution in [3.8, 4) is 0 Å². The summed E-state index contributed by atoms with van der Waals surface area (Å²) in [7, 11) is -3.73. The quantitative estimate of drug-likeness (QED) is 0.385. The summed E-state index contributed by atoms with van der Waals surface area (Å²) in [6.07, 6.45) is 0.746. The minimum atomic E-state index is -3.73. The molecule has 1 aromatic rings. The molecule has 19 heavy (non-hydrogen) atoms. The maximum atomic E-state index is 11.1. The van der Waals surface area contributed by atoms with Crippen LogP contribution in [0.2, 0.25) is 0 Å². The number of rotatable bonds is 8. The molecule has 0 heterocycles. The summed E-state index contributed by atoms with van der Waals surface area (Å²) in [6, 6.07) is 4.29. The standard InChI is InChI=1S/C11H19N3O4S/c12-10-8-9(19(13,16)17)2-3-11(10)14-4-1-6-18-7-5-15/h2-3,8,14-15H,1,4-7,12H2,(H2,13,16,17). The molecular formula is C11H19N3O4S. The molecule has 6 N–H and O–H groups in total. The zero-order chi connectivity index (χ0) is 14.3. The minimum Gasteiger partial charge on any atom is -0.397 e. The van der Waals surface area contributed by atoms with Crippen molar-refractivity contribution in [2.24, 2.45) is 5.14 Å². The number of nitrogens with two attached hydrogens (primary N) is 2. The van der Waals surface area contributed by atoms with Gasteiger partial charge in [-0.15, -0.1) is 0 Å². The summed E-state index contributed by atoms with van der Waals surface area (Å²) >= 11 is 0. The van der Waals surface area contributed by atoms with Crippen molar-refractivity contribution in [1.82, 2.24) is 0 Å². The second-order valence-corrected chi connectivity index (χ2v) is 5.47. The highest BCUT2D eigenvalue weighted by Crippen LogP contribution is 2.21. The molecule has 7 nitrogen and oxygen atoms in total. The van der Waals surface area contributed by atoms with Crippen molar-refractivity contribution in [2.45, 2.75) is 11.3 Å². The first-order valence-electron chi connectivity index (χ1n) is 5.80. The lowest BCUT2D eigenvalue weighted by Crippen LogP contribution is -2.13. The first-order valence-corrected chi connectivity index (χ1v) is 7.34. The van der Waals surface area contributed by atoms with Gasteiger partial charge in [0.05, 0.1) is 29.5 Å². The van der Waals surface area contributed by atoms with Crippen LogP contribution in [0.3, 0.4) is 0 Å². The van der Waals surface area contributed by atoms with Crippen molar-refractivity contribution < 1.29 is 18.3 Å². The van der Waals surface area contributed by atoms with Gasteiger partial charge in [-0.1, -0.05) is 0 Å². The van der Waals surface area contributed by atoms with E-state index in [0.29, 0.717) is 31.1 Å². The first kappa shape index (κ1) is 15.7. The number of nitrogen functional groups attached to an aromatic ring is 1. The first-order chi connectivity index (χ1) is 8.95. The number of anilines is 2. The molecule has 0 unspecified atom stereocenters. The number of aliphatic hydroxyl groups excluding tert-OH is 1. The maximum absolute atomic E-state index is 11.1. The molecule has 0 atom stereocenters. The van der Waals surface area contributed by atoms with E-state index in [1.165, 1.54) is 12.1 Å². The SMILES string of the molecule is Nc1cc(S(N)(=O)=O)ccc1NCCCOCCO. The van der Waals surface area contributed by atoms with Crippen molar-refractivity contribution in [1.29, 1.82) is 0 Å². The Morgan fingerprint density at radius 1 is 1.32 bits per heavy atom. The molecule has 1 aromatic carbocycles. The summed E-state index contributed by atoms with van der Waals surface area (Å²) in [6.45, 7) is 1.49. The monoisotopic (exact) mass is 289 g/mol. The smallest absolute Gasteiger partial charge is 0.238 e. The van der Waals surface area contributed by atoms with Gasteiger partial charge in [-0.3, -0.25) is 0 Å². The number of aliphatic hydroxyl groups is 1. The second-order valence-electron chi connectivity index (χ2n) is 3.91. The van der Waals surface area contributed by atoms with Gasteiger partial charge in [-0.2, -0.15) is 0 Å². The van der Waals surface area contributed by atoms with Crippen LogP contribution < -0.4 is 16.2 Å². The Morgan fingerprint density at radius 3 is 2.63 bits per heavy atom. The van der Waals surface area contributed by atoms with Gasteiger partial charge < -0.3 is 20.9 Å². The zero-order valence-electron chi connectivity index (χ0n) is 10.5.